The van der Waals surface area contributed by atoms with Crippen molar-refractivity contribution in [2.24, 2.45) is 0 Å². The molecule has 1 aliphatic carbocycles. The van der Waals surface area contributed by atoms with Crippen LogP contribution >= 0.6 is 0 Å². The topological polar surface area (TPSA) is 99.7 Å². The second-order valence-corrected chi connectivity index (χ2v) is 9.31. The molecule has 0 unspecified atom stereocenters. The number of piperidine rings is 1. The molecule has 2 fully saturated rings. The van der Waals surface area contributed by atoms with Gasteiger partial charge in [-0.1, -0.05) is 19.3 Å². The van der Waals surface area contributed by atoms with Gasteiger partial charge in [-0.3, -0.25) is 29.1 Å². The summed E-state index contributed by atoms with van der Waals surface area (Å²) in [4.78, 5) is 58.6. The highest BCUT2D eigenvalue weighted by Gasteiger charge is 2.40. The Bertz CT molecular complexity index is 1120. The smallest absolute Gasteiger partial charge is 0.261 e. The van der Waals surface area contributed by atoms with Crippen LogP contribution in [0.3, 0.4) is 0 Å². The van der Waals surface area contributed by atoms with Crippen molar-refractivity contribution in [2.45, 2.75) is 57.0 Å². The Morgan fingerprint density at radius 3 is 2.32 bits per heavy atom. The van der Waals surface area contributed by atoms with Crippen LogP contribution in [-0.2, 0) is 0 Å². The predicted molar refractivity (Wildman–Crippen MR) is 124 cm³/mol. The zero-order valence-corrected chi connectivity index (χ0v) is 19.0. The average molecular weight is 461 g/mol. The van der Waals surface area contributed by atoms with Crippen molar-refractivity contribution >= 4 is 23.6 Å². The van der Waals surface area contributed by atoms with Gasteiger partial charge in [-0.05, 0) is 56.0 Å². The Hall–Kier alpha value is -3.55. The highest BCUT2D eigenvalue weighted by atomic mass is 16.2. The first kappa shape index (κ1) is 22.3. The number of carbonyl (C=O) groups is 4. The van der Waals surface area contributed by atoms with Gasteiger partial charge in [-0.25, -0.2) is 0 Å². The van der Waals surface area contributed by atoms with Gasteiger partial charge in [0.1, 0.15) is 0 Å². The average Bonchev–Trinajstić information content (AvgIpc) is 3.14. The molecule has 3 aliphatic rings. The Morgan fingerprint density at radius 1 is 0.882 bits per heavy atom. The molecule has 0 bridgehead atoms. The quantitative estimate of drug-likeness (QED) is 0.707. The SMILES string of the molecule is O=C(NC1CCN(C(=O)c2cccnc2)CC1)c1ccc2c(c1)C(=O)N(C1CCCCC1)C2=O. The summed E-state index contributed by atoms with van der Waals surface area (Å²) in [6.07, 6.45) is 9.38. The van der Waals surface area contributed by atoms with Crippen molar-refractivity contribution < 1.29 is 19.2 Å². The summed E-state index contributed by atoms with van der Waals surface area (Å²) in [5.74, 6) is -0.855. The van der Waals surface area contributed by atoms with E-state index in [2.05, 4.69) is 10.3 Å². The molecule has 0 spiro atoms. The molecule has 1 N–H and O–H groups in total. The van der Waals surface area contributed by atoms with Gasteiger partial charge in [-0.2, -0.15) is 0 Å². The van der Waals surface area contributed by atoms with Crippen LogP contribution in [-0.4, -0.2) is 63.6 Å². The molecule has 8 nitrogen and oxygen atoms in total. The highest BCUT2D eigenvalue weighted by molar-refractivity contribution is 6.22. The number of likely N-dealkylation sites (tertiary alicyclic amines) is 1. The van der Waals surface area contributed by atoms with Gasteiger partial charge in [0.25, 0.3) is 23.6 Å². The maximum absolute atomic E-state index is 13.0. The monoisotopic (exact) mass is 460 g/mol. The number of benzene rings is 1. The van der Waals surface area contributed by atoms with E-state index in [9.17, 15) is 19.2 Å². The molecule has 0 radical (unpaired) electrons. The third kappa shape index (κ3) is 4.20. The maximum Gasteiger partial charge on any atom is 0.261 e. The van der Waals surface area contributed by atoms with E-state index in [1.165, 1.54) is 4.90 Å². The number of pyridine rings is 1. The van der Waals surface area contributed by atoms with Crippen molar-refractivity contribution in [3.05, 3.63) is 65.0 Å². The minimum atomic E-state index is -0.288. The standard InChI is InChI=1S/C26H28N4O4/c31-23(28-19-10-13-29(14-11-19)24(32)18-5-4-12-27-16-18)17-8-9-21-22(15-17)26(34)30(25(21)33)20-6-2-1-3-7-20/h4-5,8-9,12,15-16,19-20H,1-3,6-7,10-11,13-14H2,(H,28,31). The lowest BCUT2D eigenvalue weighted by Crippen LogP contribution is -2.46. The Balaban J connectivity index is 1.21. The van der Waals surface area contributed by atoms with Crippen LogP contribution in [0.5, 0.6) is 0 Å². The zero-order valence-electron chi connectivity index (χ0n) is 19.0. The van der Waals surface area contributed by atoms with Gasteiger partial charge in [0.05, 0.1) is 16.7 Å². The van der Waals surface area contributed by atoms with Crippen LogP contribution in [0.15, 0.2) is 42.7 Å². The molecule has 0 atom stereocenters. The Kier molecular flexibility index (Phi) is 6.13. The molecule has 2 aromatic rings. The number of aromatic nitrogens is 1. The minimum Gasteiger partial charge on any atom is -0.349 e. The second-order valence-electron chi connectivity index (χ2n) is 9.31. The van der Waals surface area contributed by atoms with E-state index < -0.39 is 0 Å². The number of hydrogen-bond acceptors (Lipinski definition) is 5. The van der Waals surface area contributed by atoms with Crippen LogP contribution in [0, 0.1) is 0 Å². The summed E-state index contributed by atoms with van der Waals surface area (Å²) >= 11 is 0. The van der Waals surface area contributed by atoms with Gasteiger partial charge < -0.3 is 10.2 Å². The predicted octanol–water partition coefficient (Wildman–Crippen LogP) is 3.04. The van der Waals surface area contributed by atoms with E-state index in [4.69, 9.17) is 0 Å². The number of imide groups is 1. The molecule has 176 valence electrons. The van der Waals surface area contributed by atoms with Gasteiger partial charge in [0.15, 0.2) is 0 Å². The summed E-state index contributed by atoms with van der Waals surface area (Å²) in [6.45, 7) is 1.10. The van der Waals surface area contributed by atoms with Crippen molar-refractivity contribution in [1.29, 1.82) is 0 Å². The normalized spacial score (nSPS) is 19.3. The summed E-state index contributed by atoms with van der Waals surface area (Å²) < 4.78 is 0. The molecule has 1 saturated heterocycles. The molecule has 34 heavy (non-hydrogen) atoms. The molecular weight excluding hydrogens is 432 g/mol. The first-order valence-electron chi connectivity index (χ1n) is 12.0. The molecule has 2 aliphatic heterocycles. The van der Waals surface area contributed by atoms with Crippen LogP contribution in [0.25, 0.3) is 0 Å². The molecule has 1 aromatic carbocycles. The number of hydrogen-bond donors (Lipinski definition) is 1. The summed E-state index contributed by atoms with van der Waals surface area (Å²) in [5, 5.41) is 3.03. The van der Waals surface area contributed by atoms with Crippen LogP contribution in [0.4, 0.5) is 0 Å². The fraction of sp³-hybridized carbons (Fsp3) is 0.423. The molecule has 1 aromatic heterocycles. The first-order valence-corrected chi connectivity index (χ1v) is 12.0. The zero-order chi connectivity index (χ0) is 23.7. The van der Waals surface area contributed by atoms with E-state index in [1.807, 2.05) is 0 Å². The summed E-state index contributed by atoms with van der Waals surface area (Å²) in [6, 6.07) is 8.15. The van der Waals surface area contributed by atoms with Crippen LogP contribution in [0.1, 0.15) is 86.4 Å². The van der Waals surface area contributed by atoms with Gasteiger partial charge >= 0.3 is 0 Å². The number of carbonyl (C=O) groups excluding carboxylic acids is 4. The van der Waals surface area contributed by atoms with E-state index in [-0.39, 0.29) is 35.7 Å². The van der Waals surface area contributed by atoms with Crippen molar-refractivity contribution in [3.8, 4) is 0 Å². The molecule has 1 saturated carbocycles. The molecule has 3 heterocycles. The van der Waals surface area contributed by atoms with Crippen LogP contribution in [0.2, 0.25) is 0 Å². The third-order valence-corrected chi connectivity index (χ3v) is 7.15. The Labute approximate surface area is 198 Å². The van der Waals surface area contributed by atoms with Crippen molar-refractivity contribution in [2.75, 3.05) is 13.1 Å². The van der Waals surface area contributed by atoms with Gasteiger partial charge in [0, 0.05) is 43.1 Å². The van der Waals surface area contributed by atoms with E-state index >= 15 is 0 Å². The van der Waals surface area contributed by atoms with E-state index in [0.717, 1.165) is 32.1 Å². The number of nitrogens with one attached hydrogen (secondary N) is 1. The number of amides is 4. The largest absolute Gasteiger partial charge is 0.349 e. The van der Waals surface area contributed by atoms with E-state index in [0.29, 0.717) is 48.2 Å². The molecule has 8 heteroatoms. The van der Waals surface area contributed by atoms with Crippen molar-refractivity contribution in [1.82, 2.24) is 20.1 Å². The lowest BCUT2D eigenvalue weighted by molar-refractivity contribution is 0.0548. The van der Waals surface area contributed by atoms with Crippen molar-refractivity contribution in [3.63, 3.8) is 0 Å². The second kappa shape index (κ2) is 9.37. The van der Waals surface area contributed by atoms with E-state index in [1.54, 1.807) is 47.6 Å². The summed E-state index contributed by atoms with van der Waals surface area (Å²) in [7, 11) is 0. The highest BCUT2D eigenvalue weighted by Crippen LogP contribution is 2.31. The fourth-order valence-electron chi connectivity index (χ4n) is 5.24. The molecule has 4 amide bonds. The first-order chi connectivity index (χ1) is 16.5. The number of fused-ring (bicyclic) bond motifs is 1. The molecular formula is C26H28N4O4. The van der Waals surface area contributed by atoms with Gasteiger partial charge in [0.2, 0.25) is 0 Å². The van der Waals surface area contributed by atoms with Gasteiger partial charge in [-0.15, -0.1) is 0 Å². The lowest BCUT2D eigenvalue weighted by Gasteiger charge is -2.32. The maximum atomic E-state index is 13.0. The minimum absolute atomic E-state index is 0.0435. The Morgan fingerprint density at radius 2 is 1.62 bits per heavy atom. The number of rotatable bonds is 4. The summed E-state index contributed by atoms with van der Waals surface area (Å²) in [5.41, 5.74) is 1.64. The number of nitrogens with zero attached hydrogens (tertiary/aromatic N) is 3. The molecule has 5 rings (SSSR count). The third-order valence-electron chi connectivity index (χ3n) is 7.15. The fourth-order valence-corrected chi connectivity index (χ4v) is 5.24. The van der Waals surface area contributed by atoms with Crippen LogP contribution < -0.4 is 5.32 Å². The lowest BCUT2D eigenvalue weighted by atomic mass is 9.94.